The molecule has 1 heterocycles. The van der Waals surface area contributed by atoms with Gasteiger partial charge < -0.3 is 9.47 Å². The van der Waals surface area contributed by atoms with Crippen LogP contribution in [0.2, 0.25) is 0 Å². The van der Waals surface area contributed by atoms with Gasteiger partial charge >= 0.3 is 0 Å². The van der Waals surface area contributed by atoms with Crippen LogP contribution in [0.15, 0.2) is 47.4 Å². The molecule has 0 saturated carbocycles. The Hall–Kier alpha value is -2.05. The van der Waals surface area contributed by atoms with Crippen LogP contribution in [0.1, 0.15) is 30.5 Å². The quantitative estimate of drug-likeness (QED) is 0.913. The van der Waals surface area contributed by atoms with Crippen molar-refractivity contribution in [3.8, 4) is 11.5 Å². The summed E-state index contributed by atoms with van der Waals surface area (Å²) in [6.07, 6.45) is 0.630. The van der Waals surface area contributed by atoms with Gasteiger partial charge in [0, 0.05) is 6.04 Å². The third kappa shape index (κ3) is 3.33. The summed E-state index contributed by atoms with van der Waals surface area (Å²) in [5.74, 6) is 1.33. The summed E-state index contributed by atoms with van der Waals surface area (Å²) >= 11 is 0. The second-order valence-electron chi connectivity index (χ2n) is 5.51. The zero-order chi connectivity index (χ0) is 16.4. The number of aryl methyl sites for hydroxylation is 1. The van der Waals surface area contributed by atoms with Crippen LogP contribution in [0.5, 0.6) is 11.5 Å². The average molecular weight is 333 g/mol. The molecule has 0 spiro atoms. The van der Waals surface area contributed by atoms with E-state index >= 15 is 0 Å². The van der Waals surface area contributed by atoms with Gasteiger partial charge in [-0.2, -0.15) is 0 Å². The van der Waals surface area contributed by atoms with Crippen LogP contribution in [0.3, 0.4) is 0 Å². The Balaban J connectivity index is 1.85. The van der Waals surface area contributed by atoms with Gasteiger partial charge in [0.05, 0.1) is 4.90 Å². The molecule has 23 heavy (non-hydrogen) atoms. The average Bonchev–Trinajstić information content (AvgIpc) is 3.00. The van der Waals surface area contributed by atoms with Gasteiger partial charge in [0.15, 0.2) is 11.5 Å². The zero-order valence-electron chi connectivity index (χ0n) is 13.1. The fourth-order valence-electron chi connectivity index (χ4n) is 2.49. The van der Waals surface area contributed by atoms with Crippen molar-refractivity contribution in [3.63, 3.8) is 0 Å². The number of nitrogens with one attached hydrogen (secondary N) is 1. The molecule has 1 N–H and O–H groups in total. The fraction of sp³-hybridized carbons (Fsp3) is 0.294. The largest absolute Gasteiger partial charge is 0.454 e. The maximum Gasteiger partial charge on any atom is 0.241 e. The van der Waals surface area contributed by atoms with Gasteiger partial charge in [0.25, 0.3) is 0 Å². The van der Waals surface area contributed by atoms with E-state index in [4.69, 9.17) is 9.47 Å². The molecule has 0 bridgehead atoms. The summed E-state index contributed by atoms with van der Waals surface area (Å²) < 4.78 is 38.5. The van der Waals surface area contributed by atoms with Crippen LogP contribution in [-0.4, -0.2) is 15.2 Å². The first-order chi connectivity index (χ1) is 11.0. The number of fused-ring (bicyclic) bond motifs is 1. The molecule has 0 amide bonds. The van der Waals surface area contributed by atoms with Crippen molar-refractivity contribution >= 4 is 10.0 Å². The molecule has 2 aromatic carbocycles. The summed E-state index contributed by atoms with van der Waals surface area (Å²) in [5, 5.41) is 0. The first kappa shape index (κ1) is 15.8. The van der Waals surface area contributed by atoms with E-state index in [-0.39, 0.29) is 17.7 Å². The van der Waals surface area contributed by atoms with Crippen molar-refractivity contribution in [1.29, 1.82) is 0 Å². The smallest absolute Gasteiger partial charge is 0.241 e. The highest BCUT2D eigenvalue weighted by Gasteiger charge is 2.22. The summed E-state index contributed by atoms with van der Waals surface area (Å²) in [6.45, 7) is 4.06. The van der Waals surface area contributed by atoms with Crippen LogP contribution in [-0.2, 0) is 10.0 Å². The fourth-order valence-corrected chi connectivity index (χ4v) is 3.80. The molecule has 0 fully saturated rings. The molecule has 0 aromatic heterocycles. The Kier molecular flexibility index (Phi) is 4.28. The Morgan fingerprint density at radius 1 is 1.09 bits per heavy atom. The van der Waals surface area contributed by atoms with Crippen molar-refractivity contribution in [1.82, 2.24) is 4.72 Å². The minimum Gasteiger partial charge on any atom is -0.454 e. The molecule has 5 nitrogen and oxygen atoms in total. The summed E-state index contributed by atoms with van der Waals surface area (Å²) in [4.78, 5) is 0.266. The molecule has 6 heteroatoms. The maximum atomic E-state index is 12.6. The predicted octanol–water partition coefficient (Wildman–Crippen LogP) is 3.15. The Labute approximate surface area is 136 Å². The number of hydrogen-bond acceptors (Lipinski definition) is 4. The third-order valence-electron chi connectivity index (χ3n) is 3.84. The maximum absolute atomic E-state index is 12.6. The molecule has 1 aliphatic rings. The van der Waals surface area contributed by atoms with E-state index in [1.165, 1.54) is 0 Å². The van der Waals surface area contributed by atoms with Crippen LogP contribution >= 0.6 is 0 Å². The molecule has 122 valence electrons. The van der Waals surface area contributed by atoms with E-state index in [0.29, 0.717) is 17.9 Å². The molecule has 0 unspecified atom stereocenters. The first-order valence-electron chi connectivity index (χ1n) is 7.48. The van der Waals surface area contributed by atoms with Crippen molar-refractivity contribution in [2.75, 3.05) is 6.79 Å². The monoisotopic (exact) mass is 333 g/mol. The van der Waals surface area contributed by atoms with Crippen LogP contribution in [0.25, 0.3) is 0 Å². The highest BCUT2D eigenvalue weighted by molar-refractivity contribution is 7.89. The number of rotatable bonds is 5. The van der Waals surface area contributed by atoms with E-state index in [1.807, 2.05) is 26.0 Å². The lowest BCUT2D eigenvalue weighted by atomic mass is 10.1. The number of benzene rings is 2. The van der Waals surface area contributed by atoms with E-state index < -0.39 is 10.0 Å². The molecule has 2 aromatic rings. The molecule has 0 aliphatic carbocycles. The van der Waals surface area contributed by atoms with Crippen LogP contribution in [0.4, 0.5) is 0 Å². The van der Waals surface area contributed by atoms with Gasteiger partial charge in [-0.3, -0.25) is 0 Å². The number of hydrogen-bond donors (Lipinski definition) is 1. The molecule has 1 atom stereocenters. The van der Waals surface area contributed by atoms with Gasteiger partial charge in [-0.15, -0.1) is 0 Å². The van der Waals surface area contributed by atoms with E-state index in [0.717, 1.165) is 11.1 Å². The second kappa shape index (κ2) is 6.22. The van der Waals surface area contributed by atoms with Crippen LogP contribution in [0, 0.1) is 6.92 Å². The van der Waals surface area contributed by atoms with Crippen molar-refractivity contribution in [2.24, 2.45) is 0 Å². The second-order valence-corrected chi connectivity index (χ2v) is 7.22. The van der Waals surface area contributed by atoms with Crippen LogP contribution < -0.4 is 14.2 Å². The third-order valence-corrected chi connectivity index (χ3v) is 5.32. The highest BCUT2D eigenvalue weighted by Crippen LogP contribution is 2.35. The SMILES string of the molecule is CC[C@@H](NS(=O)(=O)c1ccc(C)cc1)c1ccc2c(c1)OCO2. The van der Waals surface area contributed by atoms with Crippen molar-refractivity contribution in [2.45, 2.75) is 31.2 Å². The number of sulfonamides is 1. The van der Waals surface area contributed by atoms with Gasteiger partial charge in [-0.1, -0.05) is 30.7 Å². The van der Waals surface area contributed by atoms with Gasteiger partial charge in [0.1, 0.15) is 0 Å². The molecular weight excluding hydrogens is 314 g/mol. The molecular formula is C17H19NO4S. The summed E-state index contributed by atoms with van der Waals surface area (Å²) in [7, 11) is -3.57. The summed E-state index contributed by atoms with van der Waals surface area (Å²) in [6, 6.07) is 12.0. The molecule has 1 aliphatic heterocycles. The van der Waals surface area contributed by atoms with E-state index in [2.05, 4.69) is 4.72 Å². The number of ether oxygens (including phenoxy) is 2. The summed E-state index contributed by atoms with van der Waals surface area (Å²) in [5.41, 5.74) is 1.87. The minimum absolute atomic E-state index is 0.199. The molecule has 3 rings (SSSR count). The Morgan fingerprint density at radius 3 is 2.48 bits per heavy atom. The van der Waals surface area contributed by atoms with E-state index in [9.17, 15) is 8.42 Å². The molecule has 0 saturated heterocycles. The Bertz CT molecular complexity index is 800. The van der Waals surface area contributed by atoms with Crippen molar-refractivity contribution in [3.05, 3.63) is 53.6 Å². The van der Waals surface area contributed by atoms with Gasteiger partial charge in [-0.25, -0.2) is 13.1 Å². The topological polar surface area (TPSA) is 64.6 Å². The molecule has 0 radical (unpaired) electrons. The predicted molar refractivity (Wildman–Crippen MR) is 87.1 cm³/mol. The minimum atomic E-state index is -3.57. The van der Waals surface area contributed by atoms with Crippen molar-refractivity contribution < 1.29 is 17.9 Å². The lowest BCUT2D eigenvalue weighted by molar-refractivity contribution is 0.174. The van der Waals surface area contributed by atoms with E-state index in [1.54, 1.807) is 30.3 Å². The normalized spacial score (nSPS) is 14.7. The zero-order valence-corrected chi connectivity index (χ0v) is 13.9. The standard InChI is InChI=1S/C17H19NO4S/c1-3-15(13-6-9-16-17(10-13)22-11-21-16)18-23(19,20)14-7-4-12(2)5-8-14/h4-10,15,18H,3,11H2,1-2H3/t15-/m1/s1. The first-order valence-corrected chi connectivity index (χ1v) is 8.96. The lowest BCUT2D eigenvalue weighted by Crippen LogP contribution is -2.28. The lowest BCUT2D eigenvalue weighted by Gasteiger charge is -2.18. The van der Waals surface area contributed by atoms with Gasteiger partial charge in [0.2, 0.25) is 16.8 Å². The highest BCUT2D eigenvalue weighted by atomic mass is 32.2. The Morgan fingerprint density at radius 2 is 1.78 bits per heavy atom. The van der Waals surface area contributed by atoms with Gasteiger partial charge in [-0.05, 0) is 43.2 Å².